The van der Waals surface area contributed by atoms with Gasteiger partial charge in [-0.15, -0.1) is 3.71 Å². The van der Waals surface area contributed by atoms with Crippen LogP contribution in [0.1, 0.15) is 0 Å². The van der Waals surface area contributed by atoms with Crippen LogP contribution in [0.2, 0.25) is 0 Å². The first-order chi connectivity index (χ1) is 7.50. The molecule has 0 aromatic rings. The SMILES string of the molecule is COC(=O)CN(SC(F)(F)C(F)F)S(C)(=O)=O. The summed E-state index contributed by atoms with van der Waals surface area (Å²) in [4.78, 5) is 10.8. The van der Waals surface area contributed by atoms with Gasteiger partial charge in [-0.1, -0.05) is 0 Å². The van der Waals surface area contributed by atoms with Gasteiger partial charge in [-0.3, -0.25) is 4.79 Å². The van der Waals surface area contributed by atoms with Crippen LogP contribution in [-0.4, -0.2) is 49.7 Å². The van der Waals surface area contributed by atoms with E-state index in [0.29, 0.717) is 6.26 Å². The Bertz CT molecular complexity index is 372. The van der Waals surface area contributed by atoms with Gasteiger partial charge in [0.25, 0.3) is 0 Å². The Morgan fingerprint density at radius 2 is 1.94 bits per heavy atom. The molecular formula is C6H9F4NO4S2. The minimum Gasteiger partial charge on any atom is -0.468 e. The number of alkyl halides is 4. The lowest BCUT2D eigenvalue weighted by atomic mass is 10.7. The van der Waals surface area contributed by atoms with Crippen molar-refractivity contribution in [3.8, 4) is 0 Å². The number of ether oxygens (including phenoxy) is 1. The maximum atomic E-state index is 12.6. The lowest BCUT2D eigenvalue weighted by Crippen LogP contribution is -2.36. The van der Waals surface area contributed by atoms with Gasteiger partial charge in [0.2, 0.25) is 10.0 Å². The number of hydrogen-bond donors (Lipinski definition) is 0. The highest BCUT2D eigenvalue weighted by Gasteiger charge is 2.46. The summed E-state index contributed by atoms with van der Waals surface area (Å²) in [7, 11) is -3.35. The molecule has 0 aromatic heterocycles. The zero-order valence-corrected chi connectivity index (χ0v) is 10.3. The Labute approximate surface area is 99.3 Å². The smallest absolute Gasteiger partial charge is 0.367 e. The number of rotatable bonds is 6. The quantitative estimate of drug-likeness (QED) is 0.415. The zero-order valence-electron chi connectivity index (χ0n) is 8.69. The third kappa shape index (κ3) is 5.55. The number of carbonyl (C=O) groups is 1. The number of esters is 1. The monoisotopic (exact) mass is 299 g/mol. The molecule has 0 atom stereocenters. The highest BCUT2D eigenvalue weighted by atomic mass is 32.3. The molecular weight excluding hydrogens is 290 g/mol. The van der Waals surface area contributed by atoms with E-state index in [4.69, 9.17) is 0 Å². The van der Waals surface area contributed by atoms with Crippen molar-refractivity contribution in [3.63, 3.8) is 0 Å². The summed E-state index contributed by atoms with van der Waals surface area (Å²) in [5.41, 5.74) is 0. The molecule has 0 aliphatic heterocycles. The number of sulfonamides is 1. The molecule has 0 radical (unpaired) electrons. The molecule has 0 amide bonds. The van der Waals surface area contributed by atoms with E-state index in [1.807, 2.05) is 0 Å². The fourth-order valence-electron chi connectivity index (χ4n) is 0.563. The molecule has 17 heavy (non-hydrogen) atoms. The first-order valence-electron chi connectivity index (χ1n) is 3.90. The summed E-state index contributed by atoms with van der Waals surface area (Å²) in [6.07, 6.45) is -3.56. The Balaban J connectivity index is 4.92. The lowest BCUT2D eigenvalue weighted by Gasteiger charge is -2.22. The van der Waals surface area contributed by atoms with Crippen molar-refractivity contribution >= 4 is 27.9 Å². The second-order valence-corrected chi connectivity index (χ2v) is 6.06. The van der Waals surface area contributed by atoms with Gasteiger partial charge >= 0.3 is 17.6 Å². The summed E-state index contributed by atoms with van der Waals surface area (Å²) < 4.78 is 74.9. The van der Waals surface area contributed by atoms with E-state index >= 15 is 0 Å². The molecule has 0 aromatic carbocycles. The van der Waals surface area contributed by atoms with E-state index in [1.54, 1.807) is 0 Å². The van der Waals surface area contributed by atoms with E-state index < -0.39 is 46.2 Å². The largest absolute Gasteiger partial charge is 0.468 e. The summed E-state index contributed by atoms with van der Waals surface area (Å²) >= 11 is -0.933. The molecule has 5 nitrogen and oxygen atoms in total. The Hall–Kier alpha value is -0.550. The van der Waals surface area contributed by atoms with E-state index in [9.17, 15) is 30.8 Å². The molecule has 0 heterocycles. The molecule has 0 fully saturated rings. The van der Waals surface area contributed by atoms with Crippen LogP contribution in [0.3, 0.4) is 0 Å². The normalized spacial score (nSPS) is 13.2. The van der Waals surface area contributed by atoms with Crippen LogP contribution in [0.4, 0.5) is 17.6 Å². The van der Waals surface area contributed by atoms with Crippen LogP contribution in [0, 0.1) is 0 Å². The summed E-state index contributed by atoms with van der Waals surface area (Å²) in [6.45, 7) is -1.08. The molecule has 0 aliphatic carbocycles. The van der Waals surface area contributed by atoms with Crippen molar-refractivity contribution in [3.05, 3.63) is 0 Å². The van der Waals surface area contributed by atoms with Crippen molar-refractivity contribution in [2.75, 3.05) is 19.9 Å². The van der Waals surface area contributed by atoms with Gasteiger partial charge in [0.15, 0.2) is 0 Å². The third-order valence-corrected chi connectivity index (χ3v) is 3.99. The highest BCUT2D eigenvalue weighted by molar-refractivity contribution is 8.08. The summed E-state index contributed by atoms with van der Waals surface area (Å²) in [5.74, 6) is -1.15. The van der Waals surface area contributed by atoms with Gasteiger partial charge in [-0.25, -0.2) is 17.2 Å². The number of nitrogens with zero attached hydrogens (tertiary/aromatic N) is 1. The molecule has 0 saturated carbocycles. The first kappa shape index (κ1) is 16.4. The molecule has 0 bridgehead atoms. The van der Waals surface area contributed by atoms with E-state index in [1.165, 1.54) is 0 Å². The topological polar surface area (TPSA) is 63.7 Å². The van der Waals surface area contributed by atoms with Crippen molar-refractivity contribution in [1.82, 2.24) is 3.71 Å². The zero-order chi connectivity index (χ0) is 13.9. The van der Waals surface area contributed by atoms with Crippen molar-refractivity contribution in [2.45, 2.75) is 11.7 Å². The predicted octanol–water partition coefficient (Wildman–Crippen LogP) is 0.927. The number of carbonyl (C=O) groups excluding carboxylic acids is 1. The van der Waals surface area contributed by atoms with Crippen molar-refractivity contribution in [1.29, 1.82) is 0 Å². The number of halogens is 4. The Morgan fingerprint density at radius 1 is 1.47 bits per heavy atom. The molecule has 0 N–H and O–H groups in total. The maximum absolute atomic E-state index is 12.6. The van der Waals surface area contributed by atoms with E-state index in [2.05, 4.69) is 4.74 Å². The minimum atomic E-state index is -4.61. The minimum absolute atomic E-state index is 0.148. The van der Waals surface area contributed by atoms with Crippen molar-refractivity contribution in [2.24, 2.45) is 0 Å². The van der Waals surface area contributed by atoms with Gasteiger partial charge in [0.05, 0.1) is 13.4 Å². The predicted molar refractivity (Wildman–Crippen MR) is 52.1 cm³/mol. The van der Waals surface area contributed by atoms with E-state index in [0.717, 1.165) is 7.11 Å². The molecule has 0 rings (SSSR count). The van der Waals surface area contributed by atoms with Crippen LogP contribution >= 0.6 is 11.9 Å². The van der Waals surface area contributed by atoms with Crippen LogP contribution in [0.15, 0.2) is 0 Å². The Morgan fingerprint density at radius 3 is 2.24 bits per heavy atom. The van der Waals surface area contributed by atoms with Gasteiger partial charge < -0.3 is 4.74 Å². The third-order valence-electron chi connectivity index (χ3n) is 1.33. The van der Waals surface area contributed by atoms with Crippen LogP contribution in [-0.2, 0) is 19.6 Å². The van der Waals surface area contributed by atoms with E-state index in [-0.39, 0.29) is 3.71 Å². The lowest BCUT2D eigenvalue weighted by molar-refractivity contribution is -0.140. The molecule has 0 saturated heterocycles. The standard InChI is InChI=1S/C6H9F4NO4S2/c1-15-4(12)3-11(17(2,13)14)16-6(9,10)5(7)8/h5H,3H2,1-2H3. The van der Waals surface area contributed by atoms with Gasteiger partial charge in [0.1, 0.15) is 6.54 Å². The second-order valence-electron chi connectivity index (χ2n) is 2.75. The summed E-state index contributed by atoms with van der Waals surface area (Å²) in [5, 5.41) is -4.61. The van der Waals surface area contributed by atoms with Gasteiger partial charge in [-0.05, 0) is 0 Å². The van der Waals surface area contributed by atoms with Gasteiger partial charge in [-0.2, -0.15) is 8.78 Å². The van der Waals surface area contributed by atoms with Crippen LogP contribution < -0.4 is 0 Å². The number of methoxy groups -OCH3 is 1. The average Bonchev–Trinajstić information content (AvgIpc) is 2.14. The molecule has 0 unspecified atom stereocenters. The molecule has 0 spiro atoms. The molecule has 102 valence electrons. The first-order valence-corrected chi connectivity index (χ1v) is 6.52. The van der Waals surface area contributed by atoms with Crippen LogP contribution in [0.5, 0.6) is 0 Å². The Kier molecular flexibility index (Phi) is 5.68. The molecule has 0 aliphatic rings. The second kappa shape index (κ2) is 5.87. The maximum Gasteiger partial charge on any atom is 0.367 e. The average molecular weight is 299 g/mol. The fourth-order valence-corrected chi connectivity index (χ4v) is 2.26. The fraction of sp³-hybridized carbons (Fsp3) is 0.833. The van der Waals surface area contributed by atoms with Crippen LogP contribution in [0.25, 0.3) is 0 Å². The van der Waals surface area contributed by atoms with Crippen molar-refractivity contribution < 1.29 is 35.5 Å². The molecule has 11 heteroatoms. The highest BCUT2D eigenvalue weighted by Crippen LogP contribution is 2.38. The summed E-state index contributed by atoms with van der Waals surface area (Å²) in [6, 6.07) is 0. The number of hydrogen-bond acceptors (Lipinski definition) is 5. The van der Waals surface area contributed by atoms with Gasteiger partial charge in [0, 0.05) is 11.9 Å².